The van der Waals surface area contributed by atoms with E-state index in [9.17, 15) is 25.1 Å². The highest BCUT2D eigenvalue weighted by molar-refractivity contribution is 7.07. The van der Waals surface area contributed by atoms with E-state index in [0.717, 1.165) is 11.3 Å². The first-order valence-corrected chi connectivity index (χ1v) is 10.8. The molecule has 8 nitrogen and oxygen atoms in total. The topological polar surface area (TPSA) is 139 Å². The van der Waals surface area contributed by atoms with Crippen LogP contribution in [0.4, 0.5) is 0 Å². The molecule has 1 atom stereocenters. The van der Waals surface area contributed by atoms with Gasteiger partial charge in [0.1, 0.15) is 22.0 Å². The van der Waals surface area contributed by atoms with Crippen molar-refractivity contribution in [3.63, 3.8) is 0 Å². The number of nitrogens with zero attached hydrogens (tertiary/aromatic N) is 2. The van der Waals surface area contributed by atoms with Crippen LogP contribution >= 0.6 is 11.3 Å². The highest BCUT2D eigenvalue weighted by Gasteiger charge is 2.36. The third-order valence-electron chi connectivity index (χ3n) is 5.18. The van der Waals surface area contributed by atoms with Gasteiger partial charge in [-0.25, -0.2) is 4.79 Å². The second-order valence-electron chi connectivity index (χ2n) is 7.22. The Kier molecular flexibility index (Phi) is 5.77. The minimum absolute atomic E-state index is 0.0114. The van der Waals surface area contributed by atoms with Crippen LogP contribution < -0.4 is 20.5 Å². The Hall–Kier alpha value is -4.29. The van der Waals surface area contributed by atoms with Crippen molar-refractivity contribution in [2.24, 2.45) is 5.73 Å². The van der Waals surface area contributed by atoms with E-state index in [1.165, 1.54) is 28.8 Å². The molecule has 9 heteroatoms. The number of thiazole rings is 1. The van der Waals surface area contributed by atoms with Gasteiger partial charge in [0.25, 0.3) is 5.56 Å². The molecule has 2 aromatic carbocycles. The molecule has 33 heavy (non-hydrogen) atoms. The number of hydrogen-bond donors (Lipinski definition) is 3. The maximum Gasteiger partial charge on any atom is 0.338 e. The minimum atomic E-state index is -0.866. The first-order chi connectivity index (χ1) is 15.8. The molecule has 3 aromatic rings. The van der Waals surface area contributed by atoms with Crippen molar-refractivity contribution in [1.29, 1.82) is 5.26 Å². The number of nitrogens with two attached hydrogens (primary N) is 1. The fraction of sp³-hybridized carbons (Fsp3) is 0.125. The molecule has 0 bridgehead atoms. The maximum absolute atomic E-state index is 13.2. The van der Waals surface area contributed by atoms with E-state index in [0.29, 0.717) is 20.3 Å². The lowest BCUT2D eigenvalue weighted by Crippen LogP contribution is -2.40. The lowest BCUT2D eigenvalue weighted by atomic mass is 9.84. The molecule has 166 valence electrons. The van der Waals surface area contributed by atoms with Gasteiger partial charge in [0, 0.05) is 0 Å². The first kappa shape index (κ1) is 21.9. The molecule has 0 saturated heterocycles. The number of aromatic hydroxyl groups is 2. The fourth-order valence-electron chi connectivity index (χ4n) is 3.68. The predicted molar refractivity (Wildman–Crippen MR) is 123 cm³/mol. The molecule has 0 radical (unpaired) electrons. The number of hydrogen-bond acceptors (Lipinski definition) is 8. The molecule has 0 spiro atoms. The van der Waals surface area contributed by atoms with Crippen molar-refractivity contribution in [1.82, 2.24) is 4.57 Å². The molecule has 1 aliphatic heterocycles. The summed E-state index contributed by atoms with van der Waals surface area (Å²) < 4.78 is 6.98. The van der Waals surface area contributed by atoms with Gasteiger partial charge in [-0.1, -0.05) is 24.3 Å². The summed E-state index contributed by atoms with van der Waals surface area (Å²) in [6.45, 7) is 1.74. The Morgan fingerprint density at radius 3 is 2.36 bits per heavy atom. The average Bonchev–Trinajstić information content (AvgIpc) is 3.12. The third-order valence-corrected chi connectivity index (χ3v) is 6.29. The van der Waals surface area contributed by atoms with Gasteiger partial charge < -0.3 is 20.7 Å². The summed E-state index contributed by atoms with van der Waals surface area (Å²) in [7, 11) is 0. The van der Waals surface area contributed by atoms with Crippen LogP contribution in [0.5, 0.6) is 11.5 Å². The molecular weight excluding hydrogens is 442 g/mol. The molecular formula is C24H19N3O5S. The predicted octanol–water partition coefficient (Wildman–Crippen LogP) is 1.31. The summed E-state index contributed by atoms with van der Waals surface area (Å²) in [5.74, 6) is -1.58. The Morgan fingerprint density at radius 2 is 1.79 bits per heavy atom. The summed E-state index contributed by atoms with van der Waals surface area (Å²) in [5, 5.41) is 29.2. The molecule has 4 N–H and O–H groups in total. The number of carbonyl (C=O) groups excluding carboxylic acids is 1. The molecule has 4 rings (SSSR count). The zero-order valence-corrected chi connectivity index (χ0v) is 18.3. The molecule has 0 unspecified atom stereocenters. The number of rotatable bonds is 4. The van der Waals surface area contributed by atoms with Gasteiger partial charge in [-0.15, -0.1) is 11.3 Å². The number of esters is 1. The first-order valence-electron chi connectivity index (χ1n) is 9.98. The second-order valence-corrected chi connectivity index (χ2v) is 8.25. The second kappa shape index (κ2) is 8.68. The minimum Gasteiger partial charge on any atom is -0.508 e. The van der Waals surface area contributed by atoms with Gasteiger partial charge in [0.05, 0.1) is 34.3 Å². The SMILES string of the molecule is CCOC(=O)C1=C(N)n2c(s/c(=C\c3ccc(O)cc3)c2=O)=C(C#N)[C@@H]1c1ccc(O)cc1. The summed E-state index contributed by atoms with van der Waals surface area (Å²) >= 11 is 1.08. The van der Waals surface area contributed by atoms with E-state index in [4.69, 9.17) is 10.5 Å². The highest BCUT2D eigenvalue weighted by Crippen LogP contribution is 2.37. The standard InChI is InChI=1S/C24H19N3O5S/c1-2-32-24(31)20-19(14-5-9-16(29)10-6-14)17(12-25)23-27(21(20)26)22(30)18(33-23)11-13-3-7-15(28)8-4-13/h3-11,19,28-29H,2,26H2,1H3/b18-11-/t19-/m0/s1. The quantitative estimate of drug-likeness (QED) is 0.498. The van der Waals surface area contributed by atoms with Gasteiger partial charge in [-0.2, -0.15) is 5.26 Å². The van der Waals surface area contributed by atoms with Crippen LogP contribution in [-0.2, 0) is 9.53 Å². The fourth-order valence-corrected chi connectivity index (χ4v) is 4.81. The lowest BCUT2D eigenvalue weighted by Gasteiger charge is -2.25. The molecule has 2 heterocycles. The van der Waals surface area contributed by atoms with Crippen LogP contribution in [0.3, 0.4) is 0 Å². The normalized spacial score (nSPS) is 15.8. The number of phenolic OH excluding ortho intramolecular Hbond substituents is 2. The maximum atomic E-state index is 13.2. The molecule has 0 fully saturated rings. The Balaban J connectivity index is 2.05. The summed E-state index contributed by atoms with van der Waals surface area (Å²) in [6, 6.07) is 14.5. The molecule has 1 aliphatic rings. The number of phenols is 2. The van der Waals surface area contributed by atoms with Crippen LogP contribution in [0.1, 0.15) is 24.0 Å². The van der Waals surface area contributed by atoms with Crippen LogP contribution in [0.25, 0.3) is 17.5 Å². The van der Waals surface area contributed by atoms with Gasteiger partial charge in [0.15, 0.2) is 0 Å². The zero-order valence-electron chi connectivity index (χ0n) is 17.5. The largest absolute Gasteiger partial charge is 0.508 e. The van der Waals surface area contributed by atoms with Crippen molar-refractivity contribution in [2.45, 2.75) is 12.8 Å². The van der Waals surface area contributed by atoms with Crippen LogP contribution in [0.2, 0.25) is 0 Å². The van der Waals surface area contributed by atoms with E-state index in [-0.39, 0.29) is 35.1 Å². The summed E-state index contributed by atoms with van der Waals surface area (Å²) in [6.07, 6.45) is 1.62. The molecule has 1 aromatic heterocycles. The summed E-state index contributed by atoms with van der Waals surface area (Å²) in [4.78, 5) is 26.1. The van der Waals surface area contributed by atoms with Gasteiger partial charge in [-0.05, 0) is 48.4 Å². The Labute approximate surface area is 192 Å². The van der Waals surface area contributed by atoms with Gasteiger partial charge in [0.2, 0.25) is 0 Å². The average molecular weight is 461 g/mol. The van der Waals surface area contributed by atoms with Crippen LogP contribution in [0.15, 0.2) is 58.9 Å². The smallest absolute Gasteiger partial charge is 0.338 e. The van der Waals surface area contributed by atoms with E-state index >= 15 is 0 Å². The van der Waals surface area contributed by atoms with Crippen molar-refractivity contribution >= 4 is 34.8 Å². The Morgan fingerprint density at radius 1 is 1.18 bits per heavy atom. The van der Waals surface area contributed by atoms with Crippen molar-refractivity contribution < 1.29 is 19.7 Å². The number of benzene rings is 2. The van der Waals surface area contributed by atoms with E-state index < -0.39 is 17.4 Å². The third kappa shape index (κ3) is 3.88. The zero-order chi connectivity index (χ0) is 23.7. The monoisotopic (exact) mass is 461 g/mol. The Bertz CT molecular complexity index is 1490. The van der Waals surface area contributed by atoms with E-state index in [1.807, 2.05) is 0 Å². The van der Waals surface area contributed by atoms with E-state index in [2.05, 4.69) is 6.07 Å². The van der Waals surface area contributed by atoms with Crippen molar-refractivity contribution in [2.75, 3.05) is 6.61 Å². The number of ether oxygens (including phenoxy) is 1. The summed E-state index contributed by atoms with van der Waals surface area (Å²) in [5.41, 5.74) is 7.26. The number of carbonyl (C=O) groups is 1. The van der Waals surface area contributed by atoms with Gasteiger partial charge >= 0.3 is 5.97 Å². The van der Waals surface area contributed by atoms with Crippen molar-refractivity contribution in [3.05, 3.63) is 84.8 Å². The molecule has 0 saturated carbocycles. The van der Waals surface area contributed by atoms with Crippen molar-refractivity contribution in [3.8, 4) is 17.6 Å². The van der Waals surface area contributed by atoms with E-state index in [1.54, 1.807) is 37.3 Å². The number of fused-ring (bicyclic) bond motifs is 1. The molecule has 0 amide bonds. The molecule has 0 aliphatic carbocycles. The van der Waals surface area contributed by atoms with Crippen LogP contribution in [0, 0.1) is 11.3 Å². The van der Waals surface area contributed by atoms with Crippen LogP contribution in [-0.4, -0.2) is 27.4 Å². The lowest BCUT2D eigenvalue weighted by molar-refractivity contribution is -0.138. The highest BCUT2D eigenvalue weighted by atomic mass is 32.1. The van der Waals surface area contributed by atoms with Gasteiger partial charge in [-0.3, -0.25) is 9.36 Å². The number of nitriles is 1. The number of aromatic nitrogens is 1.